The minimum Gasteiger partial charge on any atom is -0.748 e. The Morgan fingerprint density at radius 3 is 2.47 bits per heavy atom. The van der Waals surface area contributed by atoms with E-state index in [0.29, 0.717) is 12.3 Å². The van der Waals surface area contributed by atoms with Crippen LogP contribution >= 0.6 is 11.8 Å². The summed E-state index contributed by atoms with van der Waals surface area (Å²) in [4.78, 5) is 11.7. The molecule has 0 heterocycles. The van der Waals surface area contributed by atoms with Gasteiger partial charge in [0.1, 0.15) is 0 Å². The van der Waals surface area contributed by atoms with Gasteiger partial charge in [0.25, 0.3) is 0 Å². The minimum absolute atomic E-state index is 0. The van der Waals surface area contributed by atoms with E-state index >= 15 is 0 Å². The Bertz CT molecular complexity index is 359. The molecule has 0 aromatic carbocycles. The maximum atomic E-state index is 11.7. The van der Waals surface area contributed by atoms with E-state index in [1.165, 1.54) is 0 Å². The van der Waals surface area contributed by atoms with Crippen LogP contribution in [0.2, 0.25) is 0 Å². The summed E-state index contributed by atoms with van der Waals surface area (Å²) >= 11 is 1.56. The molecule has 0 spiro atoms. The molecule has 0 amide bonds. The summed E-state index contributed by atoms with van der Waals surface area (Å²) in [5, 5.41) is 0. The number of carbonyl (C=O) groups excluding carboxylic acids is 1. The first-order valence-electron chi connectivity index (χ1n) is 5.57. The van der Waals surface area contributed by atoms with Gasteiger partial charge in [-0.05, 0) is 20.3 Å². The fourth-order valence-corrected chi connectivity index (χ4v) is 2.48. The molecule has 0 fully saturated rings. The van der Waals surface area contributed by atoms with Crippen molar-refractivity contribution in [3.8, 4) is 0 Å². The summed E-state index contributed by atoms with van der Waals surface area (Å²) < 4.78 is 36.0. The van der Waals surface area contributed by atoms with Gasteiger partial charge in [0.2, 0.25) is 0 Å². The van der Waals surface area contributed by atoms with Crippen LogP contribution in [-0.2, 0) is 19.6 Å². The second kappa shape index (κ2) is 11.0. The molecule has 0 unspecified atom stereocenters. The van der Waals surface area contributed by atoms with E-state index in [0.717, 1.165) is 5.75 Å². The van der Waals surface area contributed by atoms with E-state index in [1.807, 2.05) is 0 Å². The average molecular weight is 338 g/mol. The first-order chi connectivity index (χ1) is 8.19. The van der Waals surface area contributed by atoms with Gasteiger partial charge < -0.3 is 15.0 Å². The summed E-state index contributed by atoms with van der Waals surface area (Å²) in [6, 6.07) is 0. The molecule has 0 aliphatic carbocycles. The molecule has 0 bridgehead atoms. The first-order valence-corrected chi connectivity index (χ1v) is 8.31. The number of nitrogens with two attached hydrogens (primary N) is 1. The van der Waals surface area contributed by atoms with Crippen molar-refractivity contribution in [1.82, 2.24) is 0 Å². The Morgan fingerprint density at radius 1 is 1.42 bits per heavy atom. The number of hydrogen-bond donors (Lipinski definition) is 1. The molecule has 2 N–H and O–H groups in total. The van der Waals surface area contributed by atoms with Crippen molar-refractivity contribution in [3.05, 3.63) is 0 Å². The van der Waals surface area contributed by atoms with E-state index in [9.17, 15) is 17.8 Å². The van der Waals surface area contributed by atoms with Crippen LogP contribution in [0.3, 0.4) is 0 Å². The largest absolute Gasteiger partial charge is 1.00 e. The summed E-state index contributed by atoms with van der Waals surface area (Å²) in [6.45, 7) is 4.01. The number of thioether (sulfide) groups is 1. The Kier molecular flexibility index (Phi) is 13.0. The van der Waals surface area contributed by atoms with Crippen LogP contribution in [-0.4, -0.2) is 49.4 Å². The molecule has 0 aromatic rings. The van der Waals surface area contributed by atoms with Crippen LogP contribution in [0.1, 0.15) is 20.3 Å². The molecular formula is C10H20KNO5S2. The third-order valence-electron chi connectivity index (χ3n) is 2.05. The van der Waals surface area contributed by atoms with Crippen molar-refractivity contribution in [2.24, 2.45) is 11.1 Å². The molecule has 0 rings (SSSR count). The predicted molar refractivity (Wildman–Crippen MR) is 70.3 cm³/mol. The quantitative estimate of drug-likeness (QED) is 0.209. The molecule has 0 atom stereocenters. The Labute approximate surface area is 161 Å². The summed E-state index contributed by atoms with van der Waals surface area (Å²) in [5.41, 5.74) is 4.71. The Balaban J connectivity index is 0. The second-order valence-corrected chi connectivity index (χ2v) is 7.11. The van der Waals surface area contributed by atoms with E-state index in [-0.39, 0.29) is 64.4 Å². The number of esters is 1. The third-order valence-corrected chi connectivity index (χ3v) is 4.29. The van der Waals surface area contributed by atoms with Crippen molar-refractivity contribution < 1.29 is 73.9 Å². The van der Waals surface area contributed by atoms with E-state index in [1.54, 1.807) is 25.6 Å². The second-order valence-electron chi connectivity index (χ2n) is 4.48. The molecule has 0 saturated carbocycles. The van der Waals surface area contributed by atoms with Crippen LogP contribution < -0.4 is 57.1 Å². The van der Waals surface area contributed by atoms with Gasteiger partial charge in [-0.3, -0.25) is 4.79 Å². The van der Waals surface area contributed by atoms with E-state index in [4.69, 9.17) is 10.5 Å². The molecule has 0 aromatic heterocycles. The van der Waals surface area contributed by atoms with Crippen LogP contribution in [0.4, 0.5) is 0 Å². The zero-order valence-electron chi connectivity index (χ0n) is 11.7. The van der Waals surface area contributed by atoms with Gasteiger partial charge in [0.05, 0.1) is 22.1 Å². The van der Waals surface area contributed by atoms with Crippen molar-refractivity contribution in [2.45, 2.75) is 20.3 Å². The van der Waals surface area contributed by atoms with Gasteiger partial charge in [-0.2, -0.15) is 11.8 Å². The molecule has 108 valence electrons. The fourth-order valence-electron chi connectivity index (χ4n) is 1.07. The van der Waals surface area contributed by atoms with Crippen molar-refractivity contribution in [2.75, 3.05) is 30.4 Å². The fraction of sp³-hybridized carbons (Fsp3) is 0.900. The SMILES string of the molecule is CC(C)(CSCCN)C(=O)OCCCS(=O)(=O)[O-].[K+]. The van der Waals surface area contributed by atoms with Crippen LogP contribution in [0, 0.1) is 5.41 Å². The number of hydrogen-bond acceptors (Lipinski definition) is 7. The van der Waals surface area contributed by atoms with Crippen LogP contribution in [0.15, 0.2) is 0 Å². The number of ether oxygens (including phenoxy) is 1. The number of carbonyl (C=O) groups is 1. The van der Waals surface area contributed by atoms with Gasteiger partial charge in [0, 0.05) is 23.8 Å². The summed E-state index contributed by atoms with van der Waals surface area (Å²) in [7, 11) is -4.23. The Hall–Kier alpha value is 1.33. The van der Waals surface area contributed by atoms with Gasteiger partial charge in [-0.1, -0.05) is 0 Å². The Morgan fingerprint density at radius 2 is 2.00 bits per heavy atom. The molecule has 0 radical (unpaired) electrons. The predicted octanol–water partition coefficient (Wildman–Crippen LogP) is -2.81. The molecule has 9 heteroatoms. The monoisotopic (exact) mass is 337 g/mol. The number of rotatable bonds is 9. The van der Waals surface area contributed by atoms with Crippen LogP contribution in [0.25, 0.3) is 0 Å². The third kappa shape index (κ3) is 12.8. The normalized spacial score (nSPS) is 11.8. The maximum Gasteiger partial charge on any atom is 1.00 e. The minimum atomic E-state index is -4.23. The van der Waals surface area contributed by atoms with Crippen molar-refractivity contribution in [3.63, 3.8) is 0 Å². The van der Waals surface area contributed by atoms with Crippen molar-refractivity contribution >= 4 is 27.8 Å². The van der Waals surface area contributed by atoms with Gasteiger partial charge in [-0.15, -0.1) is 0 Å². The zero-order chi connectivity index (χ0) is 14.2. The van der Waals surface area contributed by atoms with Crippen LogP contribution in [0.5, 0.6) is 0 Å². The van der Waals surface area contributed by atoms with E-state index in [2.05, 4.69) is 0 Å². The molecule has 19 heavy (non-hydrogen) atoms. The molecule has 0 saturated heterocycles. The molecule has 0 aliphatic heterocycles. The van der Waals surface area contributed by atoms with E-state index < -0.39 is 27.3 Å². The van der Waals surface area contributed by atoms with Gasteiger partial charge in [0.15, 0.2) is 0 Å². The molecule has 6 nitrogen and oxygen atoms in total. The van der Waals surface area contributed by atoms with Gasteiger partial charge in [-0.25, -0.2) is 8.42 Å². The van der Waals surface area contributed by atoms with Gasteiger partial charge >= 0.3 is 57.4 Å². The molecule has 0 aliphatic rings. The standard InChI is InChI=1S/C10H21NO5S2.K/c1-10(2,8-17-6-4-11)9(12)16-5-3-7-18(13,14)15;/h3-8,11H2,1-2H3,(H,13,14,15);/q;+1/p-1. The summed E-state index contributed by atoms with van der Waals surface area (Å²) in [6.07, 6.45) is 0.0313. The summed E-state index contributed by atoms with van der Waals surface area (Å²) in [5.74, 6) is 0.451. The first kappa shape index (κ1) is 22.6. The smallest absolute Gasteiger partial charge is 0.748 e. The average Bonchev–Trinajstić information content (AvgIpc) is 2.23. The van der Waals surface area contributed by atoms with Crippen molar-refractivity contribution in [1.29, 1.82) is 0 Å². The zero-order valence-corrected chi connectivity index (χ0v) is 16.4. The maximum absolute atomic E-state index is 11.7. The topological polar surface area (TPSA) is 110 Å². The molecular weight excluding hydrogens is 317 g/mol.